The molecule has 6 aromatic carbocycles. The van der Waals surface area contributed by atoms with E-state index < -0.39 is 0 Å². The lowest BCUT2D eigenvalue weighted by atomic mass is 9.82. The smallest absolute Gasteiger partial charge is 0.0753 e. The maximum Gasteiger partial charge on any atom is 0.0753 e. The zero-order valence-corrected chi connectivity index (χ0v) is 22.1. The summed E-state index contributed by atoms with van der Waals surface area (Å²) >= 11 is 0. The van der Waals surface area contributed by atoms with Gasteiger partial charge in [0.1, 0.15) is 0 Å². The van der Waals surface area contributed by atoms with Gasteiger partial charge >= 0.3 is 0 Å². The van der Waals surface area contributed by atoms with E-state index in [0.29, 0.717) is 0 Å². The van der Waals surface area contributed by atoms with Crippen molar-refractivity contribution in [1.29, 1.82) is 0 Å². The standard InChI is InChI=1S/C38H27N/c1-38(2)32-18-10-9-17-31(32)37-33(38)21-22-34(39-37)36-29-15-7-5-13-27(29)35(28-14-6-8-16-30(28)36)26-20-19-24-11-3-4-12-25(24)23-26/h3-23H,1-2H3. The van der Waals surface area contributed by atoms with Crippen LogP contribution < -0.4 is 0 Å². The van der Waals surface area contributed by atoms with Crippen molar-refractivity contribution < 1.29 is 0 Å². The Morgan fingerprint density at radius 3 is 1.79 bits per heavy atom. The number of benzene rings is 6. The van der Waals surface area contributed by atoms with Gasteiger partial charge in [-0.3, -0.25) is 0 Å². The molecular formula is C38H27N. The minimum atomic E-state index is -0.0540. The van der Waals surface area contributed by atoms with E-state index in [1.807, 2.05) is 0 Å². The van der Waals surface area contributed by atoms with Gasteiger partial charge in [0.05, 0.1) is 11.4 Å². The second-order valence-electron chi connectivity index (χ2n) is 11.2. The number of fused-ring (bicyclic) bond motifs is 6. The molecule has 0 saturated carbocycles. The highest BCUT2D eigenvalue weighted by Crippen LogP contribution is 2.49. The number of rotatable bonds is 2. The van der Waals surface area contributed by atoms with Gasteiger partial charge in [-0.2, -0.15) is 0 Å². The van der Waals surface area contributed by atoms with Gasteiger partial charge in [0.2, 0.25) is 0 Å². The summed E-state index contributed by atoms with van der Waals surface area (Å²) in [5.74, 6) is 0. The number of hydrogen-bond acceptors (Lipinski definition) is 1. The monoisotopic (exact) mass is 497 g/mol. The van der Waals surface area contributed by atoms with Gasteiger partial charge in [-0.15, -0.1) is 0 Å². The Bertz CT molecular complexity index is 2040. The summed E-state index contributed by atoms with van der Waals surface area (Å²) in [7, 11) is 0. The molecule has 0 atom stereocenters. The van der Waals surface area contributed by atoms with Crippen LogP contribution in [-0.2, 0) is 5.41 Å². The first kappa shape index (κ1) is 22.3. The summed E-state index contributed by atoms with van der Waals surface area (Å²) in [5.41, 5.74) is 9.71. The molecule has 1 heterocycles. The summed E-state index contributed by atoms with van der Waals surface area (Å²) in [5, 5.41) is 7.49. The number of nitrogens with zero attached hydrogens (tertiary/aromatic N) is 1. The molecule has 0 fully saturated rings. The van der Waals surface area contributed by atoms with Crippen LogP contribution in [0.4, 0.5) is 0 Å². The molecule has 1 aromatic heterocycles. The van der Waals surface area contributed by atoms with Crippen LogP contribution in [0.5, 0.6) is 0 Å². The lowest BCUT2D eigenvalue weighted by Gasteiger charge is -2.21. The SMILES string of the molecule is CC1(C)c2ccccc2-c2nc(-c3c4ccccc4c(-c4ccc5ccccc5c4)c4ccccc34)ccc21. The van der Waals surface area contributed by atoms with Gasteiger partial charge in [0.15, 0.2) is 0 Å². The van der Waals surface area contributed by atoms with E-state index in [9.17, 15) is 0 Å². The van der Waals surface area contributed by atoms with Gasteiger partial charge < -0.3 is 0 Å². The van der Waals surface area contributed by atoms with E-state index in [0.717, 1.165) is 11.4 Å². The summed E-state index contributed by atoms with van der Waals surface area (Å²) in [6.45, 7) is 4.62. The maximum atomic E-state index is 5.40. The van der Waals surface area contributed by atoms with Crippen molar-refractivity contribution >= 4 is 32.3 Å². The second-order valence-corrected chi connectivity index (χ2v) is 11.2. The number of pyridine rings is 1. The Labute approximate surface area is 228 Å². The molecule has 1 aliphatic carbocycles. The fourth-order valence-corrected chi connectivity index (χ4v) is 6.75. The third kappa shape index (κ3) is 3.17. The van der Waals surface area contributed by atoms with Crippen LogP contribution in [0.1, 0.15) is 25.0 Å². The van der Waals surface area contributed by atoms with Crippen molar-refractivity contribution in [2.24, 2.45) is 0 Å². The van der Waals surface area contributed by atoms with Crippen LogP contribution in [0.3, 0.4) is 0 Å². The zero-order chi connectivity index (χ0) is 26.1. The van der Waals surface area contributed by atoms with Crippen molar-refractivity contribution in [2.75, 3.05) is 0 Å². The largest absolute Gasteiger partial charge is 0.247 e. The van der Waals surface area contributed by atoms with Crippen molar-refractivity contribution in [3.05, 3.63) is 139 Å². The van der Waals surface area contributed by atoms with Crippen molar-refractivity contribution in [3.8, 4) is 33.6 Å². The molecule has 7 aromatic rings. The van der Waals surface area contributed by atoms with Gasteiger partial charge in [0.25, 0.3) is 0 Å². The van der Waals surface area contributed by atoms with Crippen LogP contribution in [-0.4, -0.2) is 4.98 Å². The highest BCUT2D eigenvalue weighted by atomic mass is 14.7. The predicted molar refractivity (Wildman–Crippen MR) is 165 cm³/mol. The minimum absolute atomic E-state index is 0.0540. The lowest BCUT2D eigenvalue weighted by Crippen LogP contribution is -2.14. The molecule has 1 aliphatic rings. The molecule has 8 rings (SSSR count). The molecular weight excluding hydrogens is 470 g/mol. The molecule has 0 unspecified atom stereocenters. The third-order valence-electron chi connectivity index (χ3n) is 8.65. The van der Waals surface area contributed by atoms with Crippen LogP contribution in [0.25, 0.3) is 66.0 Å². The molecule has 184 valence electrons. The van der Waals surface area contributed by atoms with Gasteiger partial charge in [0, 0.05) is 16.5 Å². The average Bonchev–Trinajstić information content (AvgIpc) is 3.21. The van der Waals surface area contributed by atoms with Crippen molar-refractivity contribution in [1.82, 2.24) is 4.98 Å². The van der Waals surface area contributed by atoms with E-state index in [1.165, 1.54) is 65.7 Å². The van der Waals surface area contributed by atoms with Gasteiger partial charge in [-0.25, -0.2) is 4.98 Å². The fourth-order valence-electron chi connectivity index (χ4n) is 6.75. The van der Waals surface area contributed by atoms with Gasteiger partial charge in [-0.1, -0.05) is 129 Å². The van der Waals surface area contributed by atoms with Crippen molar-refractivity contribution in [2.45, 2.75) is 19.3 Å². The van der Waals surface area contributed by atoms with Crippen LogP contribution in [0, 0.1) is 0 Å². The Balaban J connectivity index is 1.45. The normalized spacial score (nSPS) is 13.6. The first-order valence-corrected chi connectivity index (χ1v) is 13.7. The molecule has 0 amide bonds. The molecule has 39 heavy (non-hydrogen) atoms. The van der Waals surface area contributed by atoms with E-state index in [2.05, 4.69) is 141 Å². The summed E-state index contributed by atoms with van der Waals surface area (Å²) in [6, 6.07) is 46.4. The summed E-state index contributed by atoms with van der Waals surface area (Å²) in [4.78, 5) is 5.40. The fraction of sp³-hybridized carbons (Fsp3) is 0.0789. The number of aromatic nitrogens is 1. The van der Waals surface area contributed by atoms with Crippen molar-refractivity contribution in [3.63, 3.8) is 0 Å². The summed E-state index contributed by atoms with van der Waals surface area (Å²) < 4.78 is 0. The summed E-state index contributed by atoms with van der Waals surface area (Å²) in [6.07, 6.45) is 0. The minimum Gasteiger partial charge on any atom is -0.247 e. The first-order valence-electron chi connectivity index (χ1n) is 13.7. The Morgan fingerprint density at radius 2 is 1.08 bits per heavy atom. The highest BCUT2D eigenvalue weighted by molar-refractivity contribution is 6.21. The molecule has 0 N–H and O–H groups in total. The second kappa shape index (κ2) is 8.12. The zero-order valence-electron chi connectivity index (χ0n) is 22.1. The van der Waals surface area contributed by atoms with Crippen LogP contribution >= 0.6 is 0 Å². The van der Waals surface area contributed by atoms with E-state index in [1.54, 1.807) is 0 Å². The third-order valence-corrected chi connectivity index (χ3v) is 8.65. The Kier molecular flexibility index (Phi) is 4.63. The molecule has 0 bridgehead atoms. The van der Waals surface area contributed by atoms with Gasteiger partial charge in [-0.05, 0) is 66.7 Å². The Morgan fingerprint density at radius 1 is 0.487 bits per heavy atom. The van der Waals surface area contributed by atoms with E-state index >= 15 is 0 Å². The van der Waals surface area contributed by atoms with E-state index in [4.69, 9.17) is 4.98 Å². The molecule has 0 radical (unpaired) electrons. The number of hydrogen-bond donors (Lipinski definition) is 0. The molecule has 1 heteroatoms. The molecule has 1 nitrogen and oxygen atoms in total. The predicted octanol–water partition coefficient (Wildman–Crippen LogP) is 10.2. The average molecular weight is 498 g/mol. The lowest BCUT2D eigenvalue weighted by molar-refractivity contribution is 0.659. The van der Waals surface area contributed by atoms with Crippen LogP contribution in [0.15, 0.2) is 127 Å². The molecule has 0 saturated heterocycles. The Hall–Kier alpha value is -4.75. The van der Waals surface area contributed by atoms with Crippen LogP contribution in [0.2, 0.25) is 0 Å². The topological polar surface area (TPSA) is 12.9 Å². The van der Waals surface area contributed by atoms with E-state index in [-0.39, 0.29) is 5.41 Å². The first-order chi connectivity index (χ1) is 19.1. The molecule has 0 aliphatic heterocycles. The molecule has 0 spiro atoms. The highest BCUT2D eigenvalue weighted by Gasteiger charge is 2.36. The quantitative estimate of drug-likeness (QED) is 0.217. The maximum absolute atomic E-state index is 5.40.